The van der Waals surface area contributed by atoms with Crippen molar-refractivity contribution >= 4 is 5.82 Å². The number of anilines is 1. The molecule has 1 N–H and O–H groups in total. The van der Waals surface area contributed by atoms with Crippen LogP contribution in [-0.2, 0) is 4.74 Å². The Labute approximate surface area is 135 Å². The quantitative estimate of drug-likeness (QED) is 0.774. The first kappa shape index (κ1) is 17.3. The minimum Gasteiger partial charge on any atom is -0.385 e. The van der Waals surface area contributed by atoms with Crippen molar-refractivity contribution in [2.24, 2.45) is 0 Å². The zero-order chi connectivity index (χ0) is 16.8. The zero-order valence-electron chi connectivity index (χ0n) is 13.7. The molecule has 23 heavy (non-hydrogen) atoms. The number of hydrogen-bond donors (Lipinski definition) is 1. The maximum Gasteiger partial charge on any atom is 0.127 e. The van der Waals surface area contributed by atoms with Crippen LogP contribution >= 0.6 is 0 Å². The second-order valence-electron chi connectivity index (χ2n) is 5.59. The van der Waals surface area contributed by atoms with E-state index in [2.05, 4.69) is 10.3 Å². The van der Waals surface area contributed by atoms with Crippen molar-refractivity contribution in [2.75, 3.05) is 25.6 Å². The predicted molar refractivity (Wildman–Crippen MR) is 87.8 cm³/mol. The molecule has 0 saturated carbocycles. The molecular formula is C18H22F2N2O. The van der Waals surface area contributed by atoms with Gasteiger partial charge in [-0.05, 0) is 54.3 Å². The van der Waals surface area contributed by atoms with Gasteiger partial charge in [-0.2, -0.15) is 0 Å². The van der Waals surface area contributed by atoms with E-state index in [1.807, 2.05) is 19.9 Å². The van der Waals surface area contributed by atoms with Gasteiger partial charge in [0.05, 0.1) is 0 Å². The number of hydrogen-bond acceptors (Lipinski definition) is 3. The van der Waals surface area contributed by atoms with Crippen molar-refractivity contribution in [2.45, 2.75) is 26.2 Å². The van der Waals surface area contributed by atoms with Crippen LogP contribution in [-0.4, -0.2) is 25.2 Å². The molecule has 2 aromatic rings. The lowest BCUT2D eigenvalue weighted by Gasteiger charge is -2.17. The molecule has 1 aromatic carbocycles. The van der Waals surface area contributed by atoms with Crippen LogP contribution in [0.25, 0.3) is 0 Å². The monoisotopic (exact) mass is 320 g/mol. The molecule has 2 rings (SSSR count). The Kier molecular flexibility index (Phi) is 6.04. The lowest BCUT2D eigenvalue weighted by atomic mass is 9.90. The Morgan fingerprint density at radius 1 is 1.22 bits per heavy atom. The summed E-state index contributed by atoms with van der Waals surface area (Å²) in [6.45, 7) is 5.21. The van der Waals surface area contributed by atoms with Gasteiger partial charge in [0.1, 0.15) is 17.5 Å². The molecule has 0 amide bonds. The Hall–Kier alpha value is -2.01. The number of nitrogens with zero attached hydrogens (tertiary/aromatic N) is 1. The normalized spacial score (nSPS) is 12.2. The number of aromatic nitrogens is 1. The Balaban J connectivity index is 2.22. The Bertz CT molecular complexity index is 661. The summed E-state index contributed by atoms with van der Waals surface area (Å²) >= 11 is 0. The summed E-state index contributed by atoms with van der Waals surface area (Å²) in [6.07, 6.45) is 2.62. The third-order valence-electron chi connectivity index (χ3n) is 3.87. The number of pyridine rings is 1. The summed E-state index contributed by atoms with van der Waals surface area (Å²) in [5.41, 5.74) is 2.23. The number of ether oxygens (including phenoxy) is 1. The summed E-state index contributed by atoms with van der Waals surface area (Å²) in [5.74, 6) is -0.360. The molecule has 3 nitrogen and oxygen atoms in total. The van der Waals surface area contributed by atoms with Gasteiger partial charge in [0.15, 0.2) is 0 Å². The van der Waals surface area contributed by atoms with Gasteiger partial charge in [-0.3, -0.25) is 0 Å². The maximum absolute atomic E-state index is 14.0. The molecular weight excluding hydrogens is 298 g/mol. The molecule has 124 valence electrons. The molecule has 0 spiro atoms. The van der Waals surface area contributed by atoms with Crippen LogP contribution in [0.2, 0.25) is 0 Å². The molecule has 1 heterocycles. The van der Waals surface area contributed by atoms with E-state index in [9.17, 15) is 8.78 Å². The average Bonchev–Trinajstić information content (AvgIpc) is 2.54. The van der Waals surface area contributed by atoms with Gasteiger partial charge in [0.25, 0.3) is 0 Å². The maximum atomic E-state index is 14.0. The van der Waals surface area contributed by atoms with Gasteiger partial charge >= 0.3 is 0 Å². The van der Waals surface area contributed by atoms with Crippen molar-refractivity contribution in [3.63, 3.8) is 0 Å². The second-order valence-corrected chi connectivity index (χ2v) is 5.59. The third kappa shape index (κ3) is 4.48. The first-order chi connectivity index (χ1) is 11.0. The number of aryl methyl sites for hydroxylation is 1. The highest BCUT2D eigenvalue weighted by atomic mass is 19.1. The molecule has 1 unspecified atom stereocenters. The molecule has 0 aliphatic carbocycles. The van der Waals surface area contributed by atoms with E-state index in [-0.39, 0.29) is 5.92 Å². The van der Waals surface area contributed by atoms with Crippen LogP contribution < -0.4 is 5.32 Å². The Morgan fingerprint density at radius 3 is 2.74 bits per heavy atom. The van der Waals surface area contributed by atoms with Crippen molar-refractivity contribution in [3.8, 4) is 0 Å². The van der Waals surface area contributed by atoms with E-state index in [0.29, 0.717) is 12.2 Å². The standard InChI is InChI=1S/C18H22F2N2O/c1-12-11-22-18(21-7-4-8-23-3)10-15(12)13(2)16-9-14(19)5-6-17(16)20/h5-6,9-11,13H,4,7-8H2,1-3H3,(H,21,22). The largest absolute Gasteiger partial charge is 0.385 e. The van der Waals surface area contributed by atoms with Crippen molar-refractivity contribution in [1.82, 2.24) is 4.98 Å². The predicted octanol–water partition coefficient (Wildman–Crippen LogP) is 4.27. The fraction of sp³-hybridized carbons (Fsp3) is 0.389. The molecule has 0 aliphatic heterocycles. The highest BCUT2D eigenvalue weighted by molar-refractivity contribution is 5.45. The van der Waals surface area contributed by atoms with E-state index >= 15 is 0 Å². The van der Waals surface area contributed by atoms with Crippen LogP contribution in [0.15, 0.2) is 30.5 Å². The van der Waals surface area contributed by atoms with Crippen LogP contribution in [0.1, 0.15) is 36.0 Å². The van der Waals surface area contributed by atoms with Gasteiger partial charge in [-0.25, -0.2) is 13.8 Å². The number of methoxy groups -OCH3 is 1. The van der Waals surface area contributed by atoms with E-state index < -0.39 is 11.6 Å². The summed E-state index contributed by atoms with van der Waals surface area (Å²) in [4.78, 5) is 4.33. The van der Waals surface area contributed by atoms with Gasteiger partial charge in [-0.15, -0.1) is 0 Å². The number of benzene rings is 1. The topological polar surface area (TPSA) is 34.1 Å². The minimum absolute atomic E-state index is 0.256. The second kappa shape index (κ2) is 8.02. The van der Waals surface area contributed by atoms with Crippen molar-refractivity contribution in [3.05, 3.63) is 58.8 Å². The average molecular weight is 320 g/mol. The zero-order valence-corrected chi connectivity index (χ0v) is 13.7. The molecule has 0 aliphatic rings. The smallest absolute Gasteiger partial charge is 0.127 e. The van der Waals surface area contributed by atoms with Gasteiger partial charge in [-0.1, -0.05) is 6.92 Å². The van der Waals surface area contributed by atoms with Gasteiger partial charge in [0.2, 0.25) is 0 Å². The molecule has 1 atom stereocenters. The summed E-state index contributed by atoms with van der Waals surface area (Å²) < 4.78 is 32.5. The first-order valence-electron chi connectivity index (χ1n) is 7.67. The van der Waals surface area contributed by atoms with Gasteiger partial charge in [0, 0.05) is 32.4 Å². The summed E-state index contributed by atoms with van der Waals surface area (Å²) in [6, 6.07) is 5.46. The number of halogens is 2. The van der Waals surface area contributed by atoms with Crippen molar-refractivity contribution in [1.29, 1.82) is 0 Å². The summed E-state index contributed by atoms with van der Waals surface area (Å²) in [7, 11) is 1.66. The molecule has 0 bridgehead atoms. The molecule has 0 saturated heterocycles. The number of rotatable bonds is 7. The highest BCUT2D eigenvalue weighted by Crippen LogP contribution is 2.30. The first-order valence-corrected chi connectivity index (χ1v) is 7.67. The van der Waals surface area contributed by atoms with Gasteiger partial charge < -0.3 is 10.1 Å². The highest BCUT2D eigenvalue weighted by Gasteiger charge is 2.17. The van der Waals surface area contributed by atoms with Crippen LogP contribution in [0.3, 0.4) is 0 Å². The lowest BCUT2D eigenvalue weighted by Crippen LogP contribution is -2.08. The van der Waals surface area contributed by atoms with E-state index in [0.717, 1.165) is 36.0 Å². The van der Waals surface area contributed by atoms with Crippen LogP contribution in [0.5, 0.6) is 0 Å². The van der Waals surface area contributed by atoms with E-state index in [1.54, 1.807) is 13.3 Å². The van der Waals surface area contributed by atoms with E-state index in [1.165, 1.54) is 12.1 Å². The Morgan fingerprint density at radius 2 is 2.00 bits per heavy atom. The fourth-order valence-electron chi connectivity index (χ4n) is 2.55. The molecule has 5 heteroatoms. The molecule has 0 fully saturated rings. The lowest BCUT2D eigenvalue weighted by molar-refractivity contribution is 0.198. The van der Waals surface area contributed by atoms with Crippen LogP contribution in [0, 0.1) is 18.6 Å². The fourth-order valence-corrected chi connectivity index (χ4v) is 2.55. The SMILES string of the molecule is COCCCNc1cc(C(C)c2cc(F)ccc2F)c(C)cn1. The third-order valence-corrected chi connectivity index (χ3v) is 3.87. The van der Waals surface area contributed by atoms with Crippen molar-refractivity contribution < 1.29 is 13.5 Å². The summed E-state index contributed by atoms with van der Waals surface area (Å²) in [5, 5.41) is 3.22. The minimum atomic E-state index is -0.433. The number of nitrogens with one attached hydrogen (secondary N) is 1. The molecule has 0 radical (unpaired) electrons. The molecule has 1 aromatic heterocycles. The van der Waals surface area contributed by atoms with E-state index in [4.69, 9.17) is 4.74 Å². The van der Waals surface area contributed by atoms with Crippen LogP contribution in [0.4, 0.5) is 14.6 Å².